The van der Waals surface area contributed by atoms with E-state index in [1.807, 2.05) is 48.5 Å². The number of pyridine rings is 1. The fourth-order valence-electron chi connectivity index (χ4n) is 3.90. The first kappa shape index (κ1) is 20.6. The summed E-state index contributed by atoms with van der Waals surface area (Å²) < 4.78 is 2.11. The third-order valence-electron chi connectivity index (χ3n) is 5.40. The van der Waals surface area contributed by atoms with Gasteiger partial charge in [-0.3, -0.25) is 4.79 Å². The number of benzene rings is 2. The summed E-state index contributed by atoms with van der Waals surface area (Å²) >= 11 is 0. The van der Waals surface area contributed by atoms with E-state index < -0.39 is 6.10 Å². The number of para-hydroxylation sites is 2. The van der Waals surface area contributed by atoms with Crippen molar-refractivity contribution in [3.05, 3.63) is 58.8 Å². The van der Waals surface area contributed by atoms with Gasteiger partial charge in [0, 0.05) is 17.3 Å². The van der Waals surface area contributed by atoms with Crippen molar-refractivity contribution in [3.8, 4) is 0 Å². The highest BCUT2D eigenvalue weighted by molar-refractivity contribution is 5.93. The second kappa shape index (κ2) is 9.85. The van der Waals surface area contributed by atoms with Crippen molar-refractivity contribution in [1.82, 2.24) is 9.47 Å². The van der Waals surface area contributed by atoms with Gasteiger partial charge in [-0.1, -0.05) is 51.0 Å². The number of nitrogens with zero attached hydrogens (tertiary/aromatic N) is 2. The van der Waals surface area contributed by atoms with E-state index >= 15 is 0 Å². The van der Waals surface area contributed by atoms with E-state index in [2.05, 4.69) is 23.3 Å². The minimum Gasteiger partial charge on any atom is -0.390 e. The molecule has 0 saturated heterocycles. The van der Waals surface area contributed by atoms with E-state index in [4.69, 9.17) is 0 Å². The van der Waals surface area contributed by atoms with Crippen LogP contribution in [0.2, 0.25) is 0 Å². The molecule has 1 aromatic heterocycles. The molecule has 4 nitrogen and oxygen atoms in total. The van der Waals surface area contributed by atoms with Gasteiger partial charge in [-0.15, -0.1) is 0 Å². The van der Waals surface area contributed by atoms with Crippen LogP contribution < -0.4 is 5.43 Å². The predicted octanol–water partition coefficient (Wildman–Crippen LogP) is 4.42. The number of aliphatic hydroxyl groups is 1. The van der Waals surface area contributed by atoms with Crippen molar-refractivity contribution in [2.24, 2.45) is 0 Å². The lowest BCUT2D eigenvalue weighted by molar-refractivity contribution is 0.0981. The summed E-state index contributed by atoms with van der Waals surface area (Å²) in [4.78, 5) is 15.2. The van der Waals surface area contributed by atoms with Crippen LogP contribution in [-0.2, 0) is 6.54 Å². The molecular formula is C24H32N2O2. The third kappa shape index (κ3) is 4.62. The number of fused-ring (bicyclic) bond motifs is 2. The molecule has 0 unspecified atom stereocenters. The van der Waals surface area contributed by atoms with Gasteiger partial charge in [0.05, 0.1) is 23.7 Å². The van der Waals surface area contributed by atoms with Crippen LogP contribution in [0.5, 0.6) is 0 Å². The maximum atomic E-state index is 12.9. The van der Waals surface area contributed by atoms with Gasteiger partial charge in [-0.2, -0.15) is 0 Å². The molecule has 0 saturated carbocycles. The van der Waals surface area contributed by atoms with E-state index in [0.29, 0.717) is 23.9 Å². The minimum atomic E-state index is -0.483. The zero-order valence-electron chi connectivity index (χ0n) is 17.1. The predicted molar refractivity (Wildman–Crippen MR) is 118 cm³/mol. The molecule has 0 bridgehead atoms. The van der Waals surface area contributed by atoms with Crippen molar-refractivity contribution in [3.63, 3.8) is 0 Å². The van der Waals surface area contributed by atoms with Crippen molar-refractivity contribution >= 4 is 21.8 Å². The van der Waals surface area contributed by atoms with Crippen LogP contribution in [0.4, 0.5) is 0 Å². The molecule has 0 amide bonds. The zero-order chi connectivity index (χ0) is 19.9. The first-order chi connectivity index (χ1) is 13.7. The molecule has 0 aliphatic rings. The monoisotopic (exact) mass is 380 g/mol. The van der Waals surface area contributed by atoms with Gasteiger partial charge in [0.25, 0.3) is 0 Å². The Hall–Kier alpha value is -2.17. The molecule has 0 spiro atoms. The molecule has 0 fully saturated rings. The Kier molecular flexibility index (Phi) is 7.24. The highest BCUT2D eigenvalue weighted by Crippen LogP contribution is 2.19. The number of rotatable bonds is 10. The molecule has 0 radical (unpaired) electrons. The third-order valence-corrected chi connectivity index (χ3v) is 5.40. The highest BCUT2D eigenvalue weighted by atomic mass is 16.3. The van der Waals surface area contributed by atoms with Crippen molar-refractivity contribution < 1.29 is 5.11 Å². The van der Waals surface area contributed by atoms with Crippen LogP contribution >= 0.6 is 0 Å². The van der Waals surface area contributed by atoms with Gasteiger partial charge in [-0.25, -0.2) is 0 Å². The number of unbranched alkanes of at least 4 members (excludes halogenated alkanes) is 2. The first-order valence-electron chi connectivity index (χ1n) is 10.6. The average molecular weight is 381 g/mol. The number of aromatic nitrogens is 1. The lowest BCUT2D eigenvalue weighted by Gasteiger charge is -2.26. The maximum Gasteiger partial charge on any atom is 0.197 e. The van der Waals surface area contributed by atoms with Gasteiger partial charge >= 0.3 is 0 Å². The Morgan fingerprint density at radius 3 is 1.89 bits per heavy atom. The lowest BCUT2D eigenvalue weighted by Crippen LogP contribution is -2.36. The Morgan fingerprint density at radius 1 is 0.893 bits per heavy atom. The molecule has 28 heavy (non-hydrogen) atoms. The fourth-order valence-corrected chi connectivity index (χ4v) is 3.90. The summed E-state index contributed by atoms with van der Waals surface area (Å²) in [7, 11) is 0. The van der Waals surface area contributed by atoms with E-state index in [9.17, 15) is 9.90 Å². The topological polar surface area (TPSA) is 45.5 Å². The van der Waals surface area contributed by atoms with Crippen LogP contribution in [0.3, 0.4) is 0 Å². The second-order valence-corrected chi connectivity index (χ2v) is 7.64. The lowest BCUT2D eigenvalue weighted by atomic mass is 10.1. The molecule has 1 heterocycles. The van der Waals surface area contributed by atoms with Gasteiger partial charge in [-0.05, 0) is 50.2 Å². The standard InChI is InChI=1S/C24H32N2O2/c1-3-5-15-25(16-6-4-2)17-19(27)18-26-22-13-9-7-11-20(22)24(28)21-12-8-10-14-23(21)26/h7-14,19,27H,3-6,15-18H2,1-2H3/t19-/m0/s1. The molecule has 3 rings (SSSR count). The summed E-state index contributed by atoms with van der Waals surface area (Å²) in [5, 5.41) is 12.3. The largest absolute Gasteiger partial charge is 0.390 e. The average Bonchev–Trinajstić information content (AvgIpc) is 2.73. The van der Waals surface area contributed by atoms with Gasteiger partial charge in [0.1, 0.15) is 0 Å². The molecule has 3 aromatic rings. The van der Waals surface area contributed by atoms with Gasteiger partial charge in [0.15, 0.2) is 5.43 Å². The molecule has 1 N–H and O–H groups in total. The maximum absolute atomic E-state index is 12.9. The zero-order valence-corrected chi connectivity index (χ0v) is 17.1. The van der Waals surface area contributed by atoms with Gasteiger partial charge in [0.2, 0.25) is 0 Å². The summed E-state index contributed by atoms with van der Waals surface area (Å²) in [5.74, 6) is 0. The number of hydrogen-bond acceptors (Lipinski definition) is 3. The Balaban J connectivity index is 1.91. The summed E-state index contributed by atoms with van der Waals surface area (Å²) in [6.07, 6.45) is 4.14. The molecule has 0 aliphatic carbocycles. The number of hydrogen-bond donors (Lipinski definition) is 1. The van der Waals surface area contributed by atoms with Crippen molar-refractivity contribution in [2.45, 2.75) is 52.2 Å². The number of aliphatic hydroxyl groups excluding tert-OH is 1. The molecule has 0 aliphatic heterocycles. The van der Waals surface area contributed by atoms with Crippen LogP contribution in [0.1, 0.15) is 39.5 Å². The van der Waals surface area contributed by atoms with E-state index in [1.165, 1.54) is 0 Å². The normalized spacial score (nSPS) is 12.9. The van der Waals surface area contributed by atoms with Crippen molar-refractivity contribution in [1.29, 1.82) is 0 Å². The second-order valence-electron chi connectivity index (χ2n) is 7.64. The van der Waals surface area contributed by atoms with Crippen molar-refractivity contribution in [2.75, 3.05) is 19.6 Å². The van der Waals surface area contributed by atoms with E-state index in [1.54, 1.807) is 0 Å². The van der Waals surface area contributed by atoms with Gasteiger partial charge < -0.3 is 14.6 Å². The summed E-state index contributed by atoms with van der Waals surface area (Å²) in [6.45, 7) is 7.60. The minimum absolute atomic E-state index is 0.0597. The smallest absolute Gasteiger partial charge is 0.197 e. The first-order valence-corrected chi connectivity index (χ1v) is 10.6. The molecular weight excluding hydrogens is 348 g/mol. The SMILES string of the molecule is CCCCN(CCCC)C[C@H](O)Cn1c2ccccc2c(=O)c2ccccc21. The van der Waals surface area contributed by atoms with E-state index in [-0.39, 0.29) is 5.43 Å². The Labute approximate surface area is 167 Å². The summed E-state index contributed by atoms with van der Waals surface area (Å²) in [6, 6.07) is 15.4. The molecule has 1 atom stereocenters. The van der Waals surface area contributed by atoms with Crippen LogP contribution in [0.15, 0.2) is 53.3 Å². The Morgan fingerprint density at radius 2 is 1.39 bits per heavy atom. The molecule has 150 valence electrons. The van der Waals surface area contributed by atoms with E-state index in [0.717, 1.165) is 49.8 Å². The van der Waals surface area contributed by atoms with Crippen LogP contribution in [-0.4, -0.2) is 40.3 Å². The highest BCUT2D eigenvalue weighted by Gasteiger charge is 2.16. The molecule has 4 heteroatoms. The Bertz CT molecular complexity index is 896. The molecule has 2 aromatic carbocycles. The quantitative estimate of drug-likeness (QED) is 0.530. The fraction of sp³-hybridized carbons (Fsp3) is 0.458. The summed E-state index contributed by atoms with van der Waals surface area (Å²) in [5.41, 5.74) is 1.84. The van der Waals surface area contributed by atoms with Crippen LogP contribution in [0, 0.1) is 0 Å². The van der Waals surface area contributed by atoms with Crippen LogP contribution in [0.25, 0.3) is 21.8 Å².